The molecule has 0 bridgehead atoms. The molecule has 112 valence electrons. The quantitative estimate of drug-likeness (QED) is 0.855. The zero-order valence-electron chi connectivity index (χ0n) is 12.0. The number of carbonyl (C=O) groups excluding carboxylic acids is 2. The predicted octanol–water partition coefficient (Wildman–Crippen LogP) is 3.25. The van der Waals surface area contributed by atoms with Crippen molar-refractivity contribution in [2.75, 3.05) is 5.06 Å². The van der Waals surface area contributed by atoms with E-state index in [4.69, 9.17) is 4.84 Å². The molecule has 0 radical (unpaired) electrons. The largest absolute Gasteiger partial charge is 0.333 e. The van der Waals surface area contributed by atoms with Crippen molar-refractivity contribution in [3.63, 3.8) is 0 Å². The molecule has 0 saturated carbocycles. The van der Waals surface area contributed by atoms with Crippen molar-refractivity contribution in [1.82, 2.24) is 0 Å². The van der Waals surface area contributed by atoms with E-state index >= 15 is 0 Å². The minimum Gasteiger partial charge on any atom is -0.333 e. The van der Waals surface area contributed by atoms with E-state index in [1.807, 2.05) is 12.1 Å². The first-order valence-electron chi connectivity index (χ1n) is 6.95. The van der Waals surface area contributed by atoms with Crippen LogP contribution in [-0.4, -0.2) is 11.9 Å². The summed E-state index contributed by atoms with van der Waals surface area (Å²) in [6.07, 6.45) is 0.835. The maximum absolute atomic E-state index is 13.3. The van der Waals surface area contributed by atoms with Crippen LogP contribution in [0.4, 0.5) is 10.1 Å². The first-order valence-corrected chi connectivity index (χ1v) is 6.95. The Balaban J connectivity index is 2.00. The summed E-state index contributed by atoms with van der Waals surface area (Å²) >= 11 is 0. The summed E-state index contributed by atoms with van der Waals surface area (Å²) in [5, 5.41) is 1.04. The summed E-state index contributed by atoms with van der Waals surface area (Å²) in [4.78, 5) is 28.0. The summed E-state index contributed by atoms with van der Waals surface area (Å²) in [7, 11) is 0. The van der Waals surface area contributed by atoms with Crippen molar-refractivity contribution in [2.45, 2.75) is 19.8 Å². The number of anilines is 1. The molecule has 5 heteroatoms. The summed E-state index contributed by atoms with van der Waals surface area (Å²) in [5.74, 6) is -1.09. The van der Waals surface area contributed by atoms with Crippen LogP contribution in [0.15, 0.2) is 42.5 Å². The zero-order chi connectivity index (χ0) is 15.7. The van der Waals surface area contributed by atoms with Crippen molar-refractivity contribution < 1.29 is 18.8 Å². The van der Waals surface area contributed by atoms with E-state index in [1.165, 1.54) is 19.1 Å². The van der Waals surface area contributed by atoms with Crippen molar-refractivity contribution in [3.05, 3.63) is 53.8 Å². The van der Waals surface area contributed by atoms with Crippen molar-refractivity contribution in [3.8, 4) is 11.1 Å². The molecule has 1 amide bonds. The number of fused-ring (bicyclic) bond motifs is 1. The third-order valence-corrected chi connectivity index (χ3v) is 3.51. The van der Waals surface area contributed by atoms with Gasteiger partial charge in [-0.15, -0.1) is 5.06 Å². The number of hydroxylamine groups is 1. The van der Waals surface area contributed by atoms with Gasteiger partial charge in [-0.25, -0.2) is 9.18 Å². The van der Waals surface area contributed by atoms with Crippen LogP contribution in [0, 0.1) is 5.82 Å². The van der Waals surface area contributed by atoms with Crippen LogP contribution >= 0.6 is 0 Å². The van der Waals surface area contributed by atoms with Gasteiger partial charge in [0.1, 0.15) is 5.82 Å². The molecule has 0 fully saturated rings. The Bertz CT molecular complexity index is 757. The van der Waals surface area contributed by atoms with Gasteiger partial charge in [0.15, 0.2) is 0 Å². The Morgan fingerprint density at radius 1 is 1.14 bits per heavy atom. The van der Waals surface area contributed by atoms with Crippen LogP contribution in [0.2, 0.25) is 0 Å². The van der Waals surface area contributed by atoms with E-state index in [0.717, 1.165) is 21.8 Å². The number of benzene rings is 2. The third-order valence-electron chi connectivity index (χ3n) is 3.51. The van der Waals surface area contributed by atoms with Gasteiger partial charge in [0.2, 0.25) is 0 Å². The highest BCUT2D eigenvalue weighted by Gasteiger charge is 2.27. The Labute approximate surface area is 127 Å². The molecule has 0 aromatic heterocycles. The fourth-order valence-corrected chi connectivity index (χ4v) is 2.54. The van der Waals surface area contributed by atoms with E-state index in [2.05, 4.69) is 0 Å². The van der Waals surface area contributed by atoms with Crippen LogP contribution in [0.5, 0.6) is 0 Å². The van der Waals surface area contributed by atoms with Gasteiger partial charge in [-0.1, -0.05) is 18.2 Å². The minimum absolute atomic E-state index is 0.249. The fourth-order valence-electron chi connectivity index (χ4n) is 2.54. The fraction of sp³-hybridized carbons (Fsp3) is 0.176. The highest BCUT2D eigenvalue weighted by atomic mass is 19.1. The van der Waals surface area contributed by atoms with Crippen LogP contribution in [0.25, 0.3) is 11.1 Å². The van der Waals surface area contributed by atoms with Crippen molar-refractivity contribution in [1.29, 1.82) is 0 Å². The Kier molecular flexibility index (Phi) is 3.63. The average molecular weight is 299 g/mol. The molecule has 1 aliphatic rings. The lowest BCUT2D eigenvalue weighted by Gasteiger charge is -2.27. The van der Waals surface area contributed by atoms with Gasteiger partial charge in [0, 0.05) is 13.3 Å². The van der Waals surface area contributed by atoms with Gasteiger partial charge in [0.05, 0.1) is 5.69 Å². The zero-order valence-corrected chi connectivity index (χ0v) is 12.0. The second-order valence-electron chi connectivity index (χ2n) is 5.12. The highest BCUT2D eigenvalue weighted by molar-refractivity contribution is 5.96. The summed E-state index contributed by atoms with van der Waals surface area (Å²) in [6, 6.07) is 11.7. The standard InChI is InChI=1S/C17H14FNO3/c1-11(20)22-19-16-7-5-13(9-14(16)6-8-17(19)21)12-3-2-4-15(18)10-12/h2-5,7,9-10H,6,8H2,1H3. The summed E-state index contributed by atoms with van der Waals surface area (Å²) in [5.41, 5.74) is 3.07. The van der Waals surface area contributed by atoms with E-state index in [-0.39, 0.29) is 18.1 Å². The molecule has 4 nitrogen and oxygen atoms in total. The molecule has 2 aromatic rings. The molecule has 1 aliphatic heterocycles. The Morgan fingerprint density at radius 3 is 2.64 bits per heavy atom. The molecule has 2 aromatic carbocycles. The Hall–Kier alpha value is -2.69. The monoisotopic (exact) mass is 299 g/mol. The number of hydrogen-bond donors (Lipinski definition) is 0. The molecular formula is C17H14FNO3. The van der Waals surface area contributed by atoms with E-state index in [0.29, 0.717) is 12.1 Å². The van der Waals surface area contributed by atoms with E-state index in [1.54, 1.807) is 18.2 Å². The number of amides is 1. The number of nitrogens with zero attached hydrogens (tertiary/aromatic N) is 1. The number of hydrogen-bond acceptors (Lipinski definition) is 3. The predicted molar refractivity (Wildman–Crippen MR) is 79.4 cm³/mol. The molecule has 0 atom stereocenters. The molecule has 3 rings (SSSR count). The summed E-state index contributed by atoms with van der Waals surface area (Å²) in [6.45, 7) is 1.25. The Morgan fingerprint density at radius 2 is 1.91 bits per heavy atom. The van der Waals surface area contributed by atoms with Crippen molar-refractivity contribution >= 4 is 17.6 Å². The SMILES string of the molecule is CC(=O)ON1C(=O)CCc2cc(-c3cccc(F)c3)ccc21. The van der Waals surface area contributed by atoms with E-state index < -0.39 is 5.97 Å². The van der Waals surface area contributed by atoms with E-state index in [9.17, 15) is 14.0 Å². The summed E-state index contributed by atoms with van der Waals surface area (Å²) < 4.78 is 13.3. The molecule has 0 spiro atoms. The van der Waals surface area contributed by atoms with Crippen molar-refractivity contribution in [2.24, 2.45) is 0 Å². The normalized spacial score (nSPS) is 13.7. The van der Waals surface area contributed by atoms with Crippen LogP contribution in [-0.2, 0) is 20.8 Å². The molecular weight excluding hydrogens is 285 g/mol. The number of rotatable bonds is 2. The maximum Gasteiger partial charge on any atom is 0.330 e. The van der Waals surface area contributed by atoms with Gasteiger partial charge in [0.25, 0.3) is 5.91 Å². The third kappa shape index (κ3) is 2.70. The van der Waals surface area contributed by atoms with Gasteiger partial charge in [-0.05, 0) is 47.4 Å². The lowest BCUT2D eigenvalue weighted by molar-refractivity contribution is -0.148. The van der Waals surface area contributed by atoms with Gasteiger partial charge in [-0.2, -0.15) is 0 Å². The number of halogens is 1. The van der Waals surface area contributed by atoms with Gasteiger partial charge < -0.3 is 4.84 Å². The topological polar surface area (TPSA) is 46.6 Å². The highest BCUT2D eigenvalue weighted by Crippen LogP contribution is 2.32. The molecule has 0 aliphatic carbocycles. The smallest absolute Gasteiger partial charge is 0.330 e. The lowest BCUT2D eigenvalue weighted by Crippen LogP contribution is -2.36. The lowest BCUT2D eigenvalue weighted by atomic mass is 9.97. The van der Waals surface area contributed by atoms with Crippen LogP contribution in [0.3, 0.4) is 0 Å². The molecule has 1 heterocycles. The molecule has 0 unspecified atom stereocenters. The number of aryl methyl sites for hydroxylation is 1. The van der Waals surface area contributed by atoms with Gasteiger partial charge in [-0.3, -0.25) is 4.79 Å². The van der Waals surface area contributed by atoms with Crippen LogP contribution in [0.1, 0.15) is 18.9 Å². The molecule has 22 heavy (non-hydrogen) atoms. The second-order valence-corrected chi connectivity index (χ2v) is 5.12. The molecule has 0 saturated heterocycles. The minimum atomic E-state index is -0.546. The second kappa shape index (κ2) is 5.60. The average Bonchev–Trinajstić information content (AvgIpc) is 2.49. The first kappa shape index (κ1) is 14.3. The van der Waals surface area contributed by atoms with Crippen LogP contribution < -0.4 is 5.06 Å². The molecule has 0 N–H and O–H groups in total. The first-order chi connectivity index (χ1) is 10.5. The van der Waals surface area contributed by atoms with Gasteiger partial charge >= 0.3 is 5.97 Å². The number of carbonyl (C=O) groups is 2. The maximum atomic E-state index is 13.3.